The molecule has 1 aromatic heterocycles. The maximum absolute atomic E-state index is 5.56. The van der Waals surface area contributed by atoms with Crippen LogP contribution in [0.2, 0.25) is 0 Å². The molecule has 4 rings (SSSR count). The van der Waals surface area contributed by atoms with Crippen LogP contribution in [0.4, 0.5) is 5.69 Å². The molecule has 0 spiro atoms. The average molecular weight is 379 g/mol. The van der Waals surface area contributed by atoms with Gasteiger partial charge in [0.1, 0.15) is 17.2 Å². The number of benzene rings is 2. The maximum atomic E-state index is 5.56. The standard InChI is InChI=1S/C22H25N3O3/c1-26-19-7-3-17(4-8-19)22-15-21(28-23-22)16-24-11-13-25(14-12-24)18-5-9-20(27-2)10-6-18/h3-10,15H,11-14,16H2,1-2H3. The van der Waals surface area contributed by atoms with Gasteiger partial charge in [-0.2, -0.15) is 0 Å². The lowest BCUT2D eigenvalue weighted by atomic mass is 10.1. The fourth-order valence-electron chi connectivity index (χ4n) is 3.46. The molecule has 1 fully saturated rings. The van der Waals surface area contributed by atoms with Crippen LogP contribution in [0.5, 0.6) is 11.5 Å². The Labute approximate surface area is 165 Å². The van der Waals surface area contributed by atoms with E-state index in [0.29, 0.717) is 0 Å². The number of hydrogen-bond acceptors (Lipinski definition) is 6. The smallest absolute Gasteiger partial charge is 0.151 e. The van der Waals surface area contributed by atoms with Gasteiger partial charge in [-0.3, -0.25) is 4.90 Å². The molecule has 3 aromatic rings. The van der Waals surface area contributed by atoms with Gasteiger partial charge >= 0.3 is 0 Å². The number of ether oxygens (including phenoxy) is 2. The summed E-state index contributed by atoms with van der Waals surface area (Å²) in [5.41, 5.74) is 3.12. The van der Waals surface area contributed by atoms with Crippen LogP contribution in [0.3, 0.4) is 0 Å². The second-order valence-corrected chi connectivity index (χ2v) is 6.87. The van der Waals surface area contributed by atoms with Crippen LogP contribution in [0.1, 0.15) is 5.76 Å². The molecule has 1 saturated heterocycles. The van der Waals surface area contributed by atoms with E-state index in [9.17, 15) is 0 Å². The van der Waals surface area contributed by atoms with Gasteiger partial charge in [0.2, 0.25) is 0 Å². The number of methoxy groups -OCH3 is 2. The zero-order valence-electron chi connectivity index (χ0n) is 16.3. The predicted octanol–water partition coefficient (Wildman–Crippen LogP) is 3.68. The molecule has 0 atom stereocenters. The van der Waals surface area contributed by atoms with Gasteiger partial charge in [0.15, 0.2) is 5.76 Å². The highest BCUT2D eigenvalue weighted by atomic mass is 16.5. The Kier molecular flexibility index (Phi) is 5.48. The second kappa shape index (κ2) is 8.35. The summed E-state index contributed by atoms with van der Waals surface area (Å²) >= 11 is 0. The fraction of sp³-hybridized carbons (Fsp3) is 0.318. The van der Waals surface area contributed by atoms with Crippen molar-refractivity contribution in [1.82, 2.24) is 10.1 Å². The summed E-state index contributed by atoms with van der Waals surface area (Å²) in [5, 5.41) is 4.22. The Balaban J connectivity index is 1.32. The van der Waals surface area contributed by atoms with Crippen LogP contribution in [-0.4, -0.2) is 50.5 Å². The summed E-state index contributed by atoms with van der Waals surface area (Å²) in [6, 6.07) is 18.1. The molecule has 28 heavy (non-hydrogen) atoms. The topological polar surface area (TPSA) is 51.0 Å². The van der Waals surface area contributed by atoms with Gasteiger partial charge in [0.25, 0.3) is 0 Å². The third-order valence-electron chi connectivity index (χ3n) is 5.13. The van der Waals surface area contributed by atoms with Gasteiger partial charge in [-0.25, -0.2) is 0 Å². The van der Waals surface area contributed by atoms with Gasteiger partial charge in [-0.05, 0) is 48.5 Å². The van der Waals surface area contributed by atoms with E-state index < -0.39 is 0 Å². The first kappa shape index (κ1) is 18.4. The SMILES string of the molecule is COc1ccc(-c2cc(CN3CCN(c4ccc(OC)cc4)CC3)on2)cc1. The van der Waals surface area contributed by atoms with Crippen molar-refractivity contribution in [2.45, 2.75) is 6.54 Å². The molecule has 0 radical (unpaired) electrons. The van der Waals surface area contributed by atoms with E-state index in [1.807, 2.05) is 42.5 Å². The molecule has 2 aromatic carbocycles. The molecular formula is C22H25N3O3. The van der Waals surface area contributed by atoms with E-state index in [0.717, 1.165) is 61.2 Å². The number of aromatic nitrogens is 1. The van der Waals surface area contributed by atoms with Crippen molar-refractivity contribution in [3.05, 3.63) is 60.4 Å². The fourth-order valence-corrected chi connectivity index (χ4v) is 3.46. The molecule has 1 aliphatic rings. The second-order valence-electron chi connectivity index (χ2n) is 6.87. The molecule has 0 unspecified atom stereocenters. The Bertz CT molecular complexity index is 882. The minimum Gasteiger partial charge on any atom is -0.497 e. The third kappa shape index (κ3) is 4.12. The largest absolute Gasteiger partial charge is 0.497 e. The summed E-state index contributed by atoms with van der Waals surface area (Å²) in [7, 11) is 3.36. The lowest BCUT2D eigenvalue weighted by Crippen LogP contribution is -2.45. The van der Waals surface area contributed by atoms with Gasteiger partial charge in [-0.15, -0.1) is 0 Å². The maximum Gasteiger partial charge on any atom is 0.151 e. The lowest BCUT2D eigenvalue weighted by molar-refractivity contribution is 0.220. The van der Waals surface area contributed by atoms with Crippen molar-refractivity contribution in [2.75, 3.05) is 45.3 Å². The number of hydrogen-bond donors (Lipinski definition) is 0. The summed E-state index contributed by atoms with van der Waals surface area (Å²) < 4.78 is 16.0. The minimum absolute atomic E-state index is 0.777. The summed E-state index contributed by atoms with van der Waals surface area (Å²) in [5.74, 6) is 2.62. The van der Waals surface area contributed by atoms with Gasteiger partial charge in [-0.1, -0.05) is 5.16 Å². The van der Waals surface area contributed by atoms with E-state index in [2.05, 4.69) is 27.1 Å². The number of rotatable bonds is 6. The monoisotopic (exact) mass is 379 g/mol. The van der Waals surface area contributed by atoms with Crippen LogP contribution in [-0.2, 0) is 6.54 Å². The molecule has 6 heteroatoms. The van der Waals surface area contributed by atoms with Crippen molar-refractivity contribution in [2.24, 2.45) is 0 Å². The molecule has 0 amide bonds. The highest BCUT2D eigenvalue weighted by molar-refractivity contribution is 5.59. The Hall–Kier alpha value is -2.99. The van der Waals surface area contributed by atoms with E-state index in [1.165, 1.54) is 5.69 Å². The first-order chi connectivity index (χ1) is 13.7. The minimum atomic E-state index is 0.777. The van der Waals surface area contributed by atoms with Crippen LogP contribution < -0.4 is 14.4 Å². The first-order valence-corrected chi connectivity index (χ1v) is 9.46. The van der Waals surface area contributed by atoms with Crippen molar-refractivity contribution in [3.8, 4) is 22.8 Å². The Morgan fingerprint density at radius 1 is 0.857 bits per heavy atom. The van der Waals surface area contributed by atoms with Gasteiger partial charge in [0, 0.05) is 43.5 Å². The quantitative estimate of drug-likeness (QED) is 0.651. The van der Waals surface area contributed by atoms with Crippen LogP contribution in [0, 0.1) is 0 Å². The molecule has 0 bridgehead atoms. The summed E-state index contributed by atoms with van der Waals surface area (Å²) in [6.07, 6.45) is 0. The number of nitrogens with zero attached hydrogens (tertiary/aromatic N) is 3. The normalized spacial score (nSPS) is 14.9. The first-order valence-electron chi connectivity index (χ1n) is 9.46. The molecular weight excluding hydrogens is 354 g/mol. The van der Waals surface area contributed by atoms with Gasteiger partial charge in [0.05, 0.1) is 20.8 Å². The number of anilines is 1. The predicted molar refractivity (Wildman–Crippen MR) is 109 cm³/mol. The van der Waals surface area contributed by atoms with Crippen molar-refractivity contribution in [3.63, 3.8) is 0 Å². The van der Waals surface area contributed by atoms with E-state index in [4.69, 9.17) is 14.0 Å². The molecule has 1 aliphatic heterocycles. The zero-order valence-corrected chi connectivity index (χ0v) is 16.3. The molecule has 0 N–H and O–H groups in total. The van der Waals surface area contributed by atoms with E-state index >= 15 is 0 Å². The van der Waals surface area contributed by atoms with E-state index in [1.54, 1.807) is 14.2 Å². The highest BCUT2D eigenvalue weighted by Crippen LogP contribution is 2.24. The molecule has 6 nitrogen and oxygen atoms in total. The summed E-state index contributed by atoms with van der Waals surface area (Å²) in [6.45, 7) is 4.74. The average Bonchev–Trinajstić information content (AvgIpc) is 3.23. The van der Waals surface area contributed by atoms with E-state index in [-0.39, 0.29) is 0 Å². The van der Waals surface area contributed by atoms with Crippen molar-refractivity contribution >= 4 is 5.69 Å². The molecule has 0 saturated carbocycles. The summed E-state index contributed by atoms with van der Waals surface area (Å²) in [4.78, 5) is 4.80. The third-order valence-corrected chi connectivity index (χ3v) is 5.13. The lowest BCUT2D eigenvalue weighted by Gasteiger charge is -2.35. The Morgan fingerprint density at radius 3 is 2.07 bits per heavy atom. The Morgan fingerprint density at radius 2 is 1.46 bits per heavy atom. The molecule has 146 valence electrons. The van der Waals surface area contributed by atoms with Crippen LogP contribution in [0.25, 0.3) is 11.3 Å². The van der Waals surface area contributed by atoms with Crippen molar-refractivity contribution < 1.29 is 14.0 Å². The number of piperazine rings is 1. The van der Waals surface area contributed by atoms with Crippen LogP contribution in [0.15, 0.2) is 59.1 Å². The van der Waals surface area contributed by atoms with Crippen molar-refractivity contribution in [1.29, 1.82) is 0 Å². The highest BCUT2D eigenvalue weighted by Gasteiger charge is 2.19. The molecule has 0 aliphatic carbocycles. The van der Waals surface area contributed by atoms with Gasteiger partial charge < -0.3 is 18.9 Å². The van der Waals surface area contributed by atoms with Crippen LogP contribution >= 0.6 is 0 Å². The molecule has 2 heterocycles. The zero-order chi connectivity index (χ0) is 19.3.